The predicted molar refractivity (Wildman–Crippen MR) is 117 cm³/mol. The third kappa shape index (κ3) is 4.23. The first-order chi connectivity index (χ1) is 13.0. The zero-order chi connectivity index (χ0) is 19.0. The number of rotatable bonds is 3. The lowest BCUT2D eigenvalue weighted by atomic mass is 9.65. The highest BCUT2D eigenvalue weighted by molar-refractivity contribution is 7.24. The summed E-state index contributed by atoms with van der Waals surface area (Å²) in [6.45, 7) is 0. The smallest absolute Gasteiger partial charge is 0.128 e. The molecule has 2 aliphatic rings. The van der Waals surface area contributed by atoms with Gasteiger partial charge in [-0.15, -0.1) is 0 Å². The van der Waals surface area contributed by atoms with Crippen molar-refractivity contribution in [3.63, 3.8) is 0 Å². The zero-order valence-corrected chi connectivity index (χ0v) is 16.6. The number of thiophene rings is 1. The fraction of sp³-hybridized carbons (Fsp3) is 0.545. The quantitative estimate of drug-likeness (QED) is 0.694. The normalized spacial score (nSPS) is 28.9. The number of hydrogen-bond donors (Lipinski definition) is 0. The maximum absolute atomic E-state index is 14.9. The van der Waals surface area contributed by atoms with Gasteiger partial charge in [0.15, 0.2) is 0 Å². The fourth-order valence-electron chi connectivity index (χ4n) is 5.09. The average molecular weight is 372 g/mol. The van der Waals surface area contributed by atoms with E-state index in [2.05, 4.69) is 0 Å². The summed E-state index contributed by atoms with van der Waals surface area (Å²) in [7, 11) is 17.7. The van der Waals surface area contributed by atoms with Crippen LogP contribution in [0.4, 0.5) is 4.39 Å². The van der Waals surface area contributed by atoms with Crippen molar-refractivity contribution in [2.24, 2.45) is 11.8 Å². The Labute approximate surface area is 170 Å². The minimum atomic E-state index is -0.0925. The molecule has 1 heterocycles. The van der Waals surface area contributed by atoms with Crippen LogP contribution in [-0.2, 0) is 0 Å². The Morgan fingerprint density at radius 3 is 2.04 bits per heavy atom. The second kappa shape index (κ2) is 8.19. The molecule has 134 valence electrons. The SMILES string of the molecule is [B]c1cc(-c2ccc(C3CCC(C4CCC([B])CC4)CC3)c(F)c2)sc1[B]. The summed E-state index contributed by atoms with van der Waals surface area (Å²) in [5.41, 5.74) is 2.30. The number of benzene rings is 1. The molecule has 2 fully saturated rings. The monoisotopic (exact) mass is 372 g/mol. The molecule has 0 aliphatic heterocycles. The molecule has 5 heteroatoms. The van der Waals surface area contributed by atoms with Gasteiger partial charge in [0.2, 0.25) is 0 Å². The van der Waals surface area contributed by atoms with Crippen LogP contribution < -0.4 is 10.2 Å². The molecule has 2 saturated carbocycles. The van der Waals surface area contributed by atoms with E-state index in [9.17, 15) is 4.39 Å². The summed E-state index contributed by atoms with van der Waals surface area (Å²) in [6, 6.07) is 7.46. The largest absolute Gasteiger partial charge is 0.207 e. The molecule has 0 saturated heterocycles. The van der Waals surface area contributed by atoms with Gasteiger partial charge in [-0.05, 0) is 60.6 Å². The van der Waals surface area contributed by atoms with E-state index in [1.54, 1.807) is 6.07 Å². The van der Waals surface area contributed by atoms with E-state index in [0.717, 1.165) is 40.7 Å². The molecule has 2 aliphatic carbocycles. The Balaban J connectivity index is 1.41. The molecule has 4 rings (SSSR count). The third-order valence-corrected chi connectivity index (χ3v) is 7.80. The van der Waals surface area contributed by atoms with Crippen molar-refractivity contribution in [2.45, 2.75) is 63.1 Å². The van der Waals surface area contributed by atoms with E-state index in [0.29, 0.717) is 22.0 Å². The van der Waals surface area contributed by atoms with Gasteiger partial charge >= 0.3 is 0 Å². The summed E-state index contributed by atoms with van der Waals surface area (Å²) in [6.07, 6.45) is 9.58. The van der Waals surface area contributed by atoms with E-state index in [1.165, 1.54) is 49.9 Å². The maximum atomic E-state index is 14.9. The van der Waals surface area contributed by atoms with Crippen molar-refractivity contribution >= 4 is 45.1 Å². The second-order valence-electron chi connectivity index (χ2n) is 8.45. The molecule has 1 aromatic heterocycles. The Hall–Kier alpha value is -0.955. The molecule has 6 radical (unpaired) electrons. The van der Waals surface area contributed by atoms with E-state index in [-0.39, 0.29) is 5.82 Å². The van der Waals surface area contributed by atoms with Crippen LogP contribution in [0.1, 0.15) is 62.8 Å². The summed E-state index contributed by atoms with van der Waals surface area (Å²) in [4.78, 5) is 0.926. The highest BCUT2D eigenvalue weighted by atomic mass is 32.1. The standard InChI is InChI=1S/C22H24B3FS/c23-17-8-5-14(6-9-17)13-1-3-15(4-2-13)18-10-7-16(11-20(18)26)21-12-19(24)22(25)27-21/h7,10-15,17H,1-6,8-9H2. The van der Waals surface area contributed by atoms with Crippen molar-refractivity contribution in [3.8, 4) is 10.4 Å². The van der Waals surface area contributed by atoms with Gasteiger partial charge in [-0.3, -0.25) is 0 Å². The summed E-state index contributed by atoms with van der Waals surface area (Å²) < 4.78 is 15.4. The van der Waals surface area contributed by atoms with Crippen molar-refractivity contribution in [1.29, 1.82) is 0 Å². The average Bonchev–Trinajstić information content (AvgIpc) is 3.01. The molecule has 0 spiro atoms. The van der Waals surface area contributed by atoms with Gasteiger partial charge in [0.25, 0.3) is 0 Å². The summed E-state index contributed by atoms with van der Waals surface area (Å²) in [5, 5.41) is 0. The highest BCUT2D eigenvalue weighted by Gasteiger charge is 2.31. The zero-order valence-electron chi connectivity index (χ0n) is 15.8. The molecule has 0 nitrogen and oxygen atoms in total. The van der Waals surface area contributed by atoms with Crippen molar-refractivity contribution in [1.82, 2.24) is 0 Å². The van der Waals surface area contributed by atoms with E-state index in [1.807, 2.05) is 18.2 Å². The first kappa shape index (κ1) is 19.4. The van der Waals surface area contributed by atoms with Crippen LogP contribution in [0.5, 0.6) is 0 Å². The van der Waals surface area contributed by atoms with Crippen LogP contribution in [0.25, 0.3) is 10.4 Å². The van der Waals surface area contributed by atoms with Gasteiger partial charge < -0.3 is 0 Å². The fourth-order valence-corrected chi connectivity index (χ4v) is 5.94. The minimum Gasteiger partial charge on any atom is -0.207 e. The lowest BCUT2D eigenvalue weighted by Gasteiger charge is -2.37. The third-order valence-electron chi connectivity index (χ3n) is 6.77. The summed E-state index contributed by atoms with van der Waals surface area (Å²) >= 11 is 1.41. The predicted octanol–water partition coefficient (Wildman–Crippen LogP) is 4.56. The van der Waals surface area contributed by atoms with Crippen LogP contribution in [-0.4, -0.2) is 23.5 Å². The maximum Gasteiger partial charge on any atom is 0.128 e. The molecule has 0 bridgehead atoms. The van der Waals surface area contributed by atoms with E-state index >= 15 is 0 Å². The van der Waals surface area contributed by atoms with Gasteiger partial charge in [0, 0.05) is 4.88 Å². The molecular weight excluding hydrogens is 348 g/mol. The lowest BCUT2D eigenvalue weighted by molar-refractivity contribution is 0.185. The molecule has 0 atom stereocenters. The molecule has 1 aromatic carbocycles. The topological polar surface area (TPSA) is 0 Å². The van der Waals surface area contributed by atoms with Gasteiger partial charge in [-0.2, -0.15) is 11.3 Å². The van der Waals surface area contributed by atoms with Crippen LogP contribution in [0.15, 0.2) is 24.3 Å². The van der Waals surface area contributed by atoms with Crippen molar-refractivity contribution in [3.05, 3.63) is 35.6 Å². The first-order valence-electron chi connectivity index (χ1n) is 10.2. The van der Waals surface area contributed by atoms with Gasteiger partial charge in [0.05, 0.1) is 7.85 Å². The first-order valence-corrected chi connectivity index (χ1v) is 11.0. The van der Waals surface area contributed by atoms with E-state index < -0.39 is 0 Å². The minimum absolute atomic E-state index is 0.0925. The van der Waals surface area contributed by atoms with Gasteiger partial charge in [-0.1, -0.05) is 59.9 Å². The number of halogens is 1. The molecule has 0 unspecified atom stereocenters. The molecule has 0 N–H and O–H groups in total. The number of hydrogen-bond acceptors (Lipinski definition) is 1. The van der Waals surface area contributed by atoms with Crippen molar-refractivity contribution < 1.29 is 4.39 Å². The Morgan fingerprint density at radius 2 is 1.48 bits per heavy atom. The Morgan fingerprint density at radius 1 is 0.852 bits per heavy atom. The highest BCUT2D eigenvalue weighted by Crippen LogP contribution is 2.45. The second-order valence-corrected chi connectivity index (χ2v) is 9.54. The molecule has 0 amide bonds. The van der Waals surface area contributed by atoms with Crippen LogP contribution in [0.2, 0.25) is 5.82 Å². The van der Waals surface area contributed by atoms with Gasteiger partial charge in [0.1, 0.15) is 21.5 Å². The van der Waals surface area contributed by atoms with E-state index in [4.69, 9.17) is 23.5 Å². The lowest BCUT2D eigenvalue weighted by Crippen LogP contribution is -2.24. The van der Waals surface area contributed by atoms with Crippen molar-refractivity contribution in [2.75, 3.05) is 0 Å². The van der Waals surface area contributed by atoms with Crippen LogP contribution >= 0.6 is 11.3 Å². The molecule has 2 aromatic rings. The Kier molecular flexibility index (Phi) is 5.87. The summed E-state index contributed by atoms with van der Waals surface area (Å²) in [5.74, 6) is 2.32. The van der Waals surface area contributed by atoms with Gasteiger partial charge in [-0.25, -0.2) is 4.39 Å². The Bertz CT molecular complexity index is 767. The molecule has 27 heavy (non-hydrogen) atoms. The van der Waals surface area contributed by atoms with Crippen LogP contribution in [0.3, 0.4) is 0 Å². The van der Waals surface area contributed by atoms with Crippen LogP contribution in [0, 0.1) is 17.7 Å². The molecular formula is C22H24B3FS.